The first-order valence-corrected chi connectivity index (χ1v) is 14.6. The number of amides is 2. The molecule has 0 fully saturated rings. The molecule has 0 aliphatic carbocycles. The highest BCUT2D eigenvalue weighted by Gasteiger charge is 2.40. The molecule has 0 spiro atoms. The van der Waals surface area contributed by atoms with Crippen LogP contribution in [0.5, 0.6) is 0 Å². The zero-order valence-electron chi connectivity index (χ0n) is 22.5. The van der Waals surface area contributed by atoms with Crippen LogP contribution in [0.4, 0.5) is 4.79 Å². The minimum Gasteiger partial charge on any atom is -0.459 e. The van der Waals surface area contributed by atoms with E-state index in [0.717, 1.165) is 22.3 Å². The standard InChI is InChI=1S/C28H39N2O6P/c1-6-35-37(33,36-7-2)20-29(17-21(3)4)28(32)30-18-25-15-22(5)13-14-24(25)16-26(30)27(31)34-19-23-11-9-8-10-12-23/h8-15,21,26H,6-7,16-20H2,1-5H3. The van der Waals surface area contributed by atoms with E-state index in [1.807, 2.05) is 69.3 Å². The summed E-state index contributed by atoms with van der Waals surface area (Å²) in [6.07, 6.45) is 0.160. The van der Waals surface area contributed by atoms with Crippen molar-refractivity contribution in [2.75, 3.05) is 26.0 Å². The van der Waals surface area contributed by atoms with E-state index in [4.69, 9.17) is 13.8 Å². The lowest BCUT2D eigenvalue weighted by molar-refractivity contribution is -0.151. The molecule has 0 saturated carbocycles. The first-order valence-electron chi connectivity index (χ1n) is 12.9. The second kappa shape index (κ2) is 13.2. The van der Waals surface area contributed by atoms with Crippen LogP contribution in [0.3, 0.4) is 0 Å². The van der Waals surface area contributed by atoms with Gasteiger partial charge in [0, 0.05) is 19.5 Å². The van der Waals surface area contributed by atoms with Gasteiger partial charge < -0.3 is 23.6 Å². The molecule has 1 unspecified atom stereocenters. The lowest BCUT2D eigenvalue weighted by Gasteiger charge is -2.39. The van der Waals surface area contributed by atoms with Gasteiger partial charge in [-0.2, -0.15) is 0 Å². The summed E-state index contributed by atoms with van der Waals surface area (Å²) in [7, 11) is -3.54. The van der Waals surface area contributed by atoms with E-state index < -0.39 is 19.6 Å². The maximum absolute atomic E-state index is 14.0. The van der Waals surface area contributed by atoms with E-state index in [-0.39, 0.29) is 44.6 Å². The van der Waals surface area contributed by atoms with Gasteiger partial charge in [0.25, 0.3) is 0 Å². The molecule has 9 heteroatoms. The number of hydrogen-bond donors (Lipinski definition) is 0. The van der Waals surface area contributed by atoms with Crippen LogP contribution in [-0.4, -0.2) is 53.9 Å². The number of ether oxygens (including phenoxy) is 1. The minimum absolute atomic E-state index is 0.100. The fraction of sp³-hybridized carbons (Fsp3) is 0.500. The number of hydrogen-bond acceptors (Lipinski definition) is 6. The van der Waals surface area contributed by atoms with Crippen molar-refractivity contribution in [1.82, 2.24) is 9.80 Å². The first kappa shape index (κ1) is 28.9. The first-order chi connectivity index (χ1) is 17.7. The molecule has 1 heterocycles. The Hall–Kier alpha value is -2.67. The van der Waals surface area contributed by atoms with Gasteiger partial charge in [0.2, 0.25) is 0 Å². The predicted molar refractivity (Wildman–Crippen MR) is 143 cm³/mol. The van der Waals surface area contributed by atoms with Crippen LogP contribution >= 0.6 is 7.60 Å². The Kier molecular flexibility index (Phi) is 10.3. The Morgan fingerprint density at radius 1 is 1.05 bits per heavy atom. The highest BCUT2D eigenvalue weighted by Crippen LogP contribution is 2.49. The molecule has 8 nitrogen and oxygen atoms in total. The molecule has 1 aliphatic heterocycles. The van der Waals surface area contributed by atoms with E-state index in [1.54, 1.807) is 18.7 Å². The van der Waals surface area contributed by atoms with Gasteiger partial charge in [-0.05, 0) is 43.4 Å². The molecular weight excluding hydrogens is 491 g/mol. The van der Waals surface area contributed by atoms with E-state index >= 15 is 0 Å². The lowest BCUT2D eigenvalue weighted by atomic mass is 9.92. The van der Waals surface area contributed by atoms with Crippen LogP contribution in [0.1, 0.15) is 49.9 Å². The fourth-order valence-corrected chi connectivity index (χ4v) is 6.17. The van der Waals surface area contributed by atoms with Gasteiger partial charge in [-0.1, -0.05) is 67.9 Å². The Balaban J connectivity index is 1.90. The molecule has 37 heavy (non-hydrogen) atoms. The second-order valence-electron chi connectivity index (χ2n) is 9.70. The summed E-state index contributed by atoms with van der Waals surface area (Å²) in [4.78, 5) is 30.4. The highest BCUT2D eigenvalue weighted by molar-refractivity contribution is 7.53. The fourth-order valence-electron chi connectivity index (χ4n) is 4.49. The van der Waals surface area contributed by atoms with E-state index in [9.17, 15) is 14.2 Å². The van der Waals surface area contributed by atoms with Crippen molar-refractivity contribution in [1.29, 1.82) is 0 Å². The third kappa shape index (κ3) is 7.91. The molecule has 3 rings (SSSR count). The third-order valence-corrected chi connectivity index (χ3v) is 8.08. The number of urea groups is 1. The summed E-state index contributed by atoms with van der Waals surface area (Å²) < 4.78 is 30.0. The number of nitrogens with zero attached hydrogens (tertiary/aromatic N) is 2. The van der Waals surface area contributed by atoms with Crippen molar-refractivity contribution in [3.8, 4) is 0 Å². The molecule has 0 N–H and O–H groups in total. The molecule has 1 atom stereocenters. The maximum Gasteiger partial charge on any atom is 0.349 e. The molecule has 202 valence electrons. The molecule has 1 aliphatic rings. The predicted octanol–water partition coefficient (Wildman–Crippen LogP) is 5.77. The van der Waals surface area contributed by atoms with Crippen LogP contribution in [0.15, 0.2) is 48.5 Å². The largest absolute Gasteiger partial charge is 0.459 e. The number of carbonyl (C=O) groups excluding carboxylic acids is 2. The lowest BCUT2D eigenvalue weighted by Crippen LogP contribution is -2.54. The van der Waals surface area contributed by atoms with Gasteiger partial charge in [-0.3, -0.25) is 4.57 Å². The molecule has 2 amide bonds. The monoisotopic (exact) mass is 530 g/mol. The smallest absolute Gasteiger partial charge is 0.349 e. The molecule has 0 radical (unpaired) electrons. The van der Waals surface area contributed by atoms with Crippen molar-refractivity contribution in [3.05, 3.63) is 70.8 Å². The van der Waals surface area contributed by atoms with Gasteiger partial charge in [-0.15, -0.1) is 0 Å². The number of aryl methyl sites for hydroxylation is 1. The Morgan fingerprint density at radius 2 is 1.73 bits per heavy atom. The van der Waals surface area contributed by atoms with Gasteiger partial charge in [0.1, 0.15) is 18.9 Å². The van der Waals surface area contributed by atoms with E-state index in [2.05, 4.69) is 0 Å². The number of rotatable bonds is 11. The maximum atomic E-state index is 14.0. The number of fused-ring (bicyclic) bond motifs is 1. The summed E-state index contributed by atoms with van der Waals surface area (Å²) in [6, 6.07) is 14.3. The third-order valence-electron chi connectivity index (χ3n) is 6.09. The van der Waals surface area contributed by atoms with Crippen LogP contribution in [0, 0.1) is 12.8 Å². The number of esters is 1. The summed E-state index contributed by atoms with van der Waals surface area (Å²) in [5, 5.41) is 0. The van der Waals surface area contributed by atoms with E-state index in [1.165, 1.54) is 4.90 Å². The summed E-state index contributed by atoms with van der Waals surface area (Å²) in [6.45, 7) is 10.6. The normalized spacial score (nSPS) is 15.4. The molecule has 0 aromatic heterocycles. The van der Waals surface area contributed by atoms with Crippen molar-refractivity contribution < 1.29 is 27.9 Å². The SMILES string of the molecule is CCOP(=O)(CN(CC(C)C)C(=O)N1Cc2cc(C)ccc2CC1C(=O)OCc1ccccc1)OCC. The van der Waals surface area contributed by atoms with Crippen molar-refractivity contribution >= 4 is 19.6 Å². The van der Waals surface area contributed by atoms with Gasteiger partial charge in [0.05, 0.1) is 13.2 Å². The molecule has 2 aromatic rings. The van der Waals surface area contributed by atoms with Crippen molar-refractivity contribution in [2.45, 2.75) is 60.2 Å². The van der Waals surface area contributed by atoms with Gasteiger partial charge in [-0.25, -0.2) is 9.59 Å². The van der Waals surface area contributed by atoms with Gasteiger partial charge >= 0.3 is 19.6 Å². The van der Waals surface area contributed by atoms with Gasteiger partial charge in [0.15, 0.2) is 0 Å². The molecule has 2 aromatic carbocycles. The zero-order valence-corrected chi connectivity index (χ0v) is 23.4. The van der Waals surface area contributed by atoms with Crippen LogP contribution in [0.2, 0.25) is 0 Å². The minimum atomic E-state index is -3.54. The Labute approximate surface area is 220 Å². The molecular formula is C28H39N2O6P. The van der Waals surface area contributed by atoms with Crippen molar-refractivity contribution in [2.24, 2.45) is 5.92 Å². The summed E-state index contributed by atoms with van der Waals surface area (Å²) in [5.41, 5.74) is 3.95. The average molecular weight is 531 g/mol. The quantitative estimate of drug-likeness (QED) is 0.271. The van der Waals surface area contributed by atoms with E-state index in [0.29, 0.717) is 13.0 Å². The average Bonchev–Trinajstić information content (AvgIpc) is 2.86. The Morgan fingerprint density at radius 3 is 2.35 bits per heavy atom. The number of benzene rings is 2. The zero-order chi connectivity index (χ0) is 27.0. The summed E-state index contributed by atoms with van der Waals surface area (Å²) in [5.74, 6) is -0.366. The summed E-state index contributed by atoms with van der Waals surface area (Å²) >= 11 is 0. The van der Waals surface area contributed by atoms with Crippen LogP contribution in [0.25, 0.3) is 0 Å². The molecule has 0 saturated heterocycles. The Bertz CT molecular complexity index is 1100. The van der Waals surface area contributed by atoms with Crippen molar-refractivity contribution in [3.63, 3.8) is 0 Å². The van der Waals surface area contributed by atoms with Crippen LogP contribution in [-0.2, 0) is 42.7 Å². The number of carbonyl (C=O) groups is 2. The topological polar surface area (TPSA) is 85.4 Å². The molecule has 0 bridgehead atoms. The van der Waals surface area contributed by atoms with Crippen LogP contribution < -0.4 is 0 Å². The highest BCUT2D eigenvalue weighted by atomic mass is 31.2. The second-order valence-corrected chi connectivity index (χ2v) is 11.7.